The fourth-order valence-electron chi connectivity index (χ4n) is 8.84. The van der Waals surface area contributed by atoms with Crippen molar-refractivity contribution >= 4 is 19.7 Å². The average Bonchev–Trinajstić information content (AvgIpc) is 3.41. The Balaban J connectivity index is 5.07. The van der Waals surface area contributed by atoms with Crippen LogP contribution in [0.4, 0.5) is 0 Å². The first-order valence-corrected chi connectivity index (χ1v) is 33.7. The minimum Gasteiger partial charge on any atom is -0.756 e. The average molecular weight is 1120 g/mol. The predicted octanol–water partition coefficient (Wildman–Crippen LogP) is 19.5. The zero-order chi connectivity index (χ0) is 57.9. The molecule has 0 bridgehead atoms. The van der Waals surface area contributed by atoms with Gasteiger partial charge >= 0.3 is 5.97 Å². The van der Waals surface area contributed by atoms with E-state index in [0.29, 0.717) is 23.9 Å². The van der Waals surface area contributed by atoms with Crippen molar-refractivity contribution in [3.63, 3.8) is 0 Å². The number of nitrogens with zero attached hydrogens (tertiary/aromatic N) is 1. The molecule has 0 aromatic carbocycles. The van der Waals surface area contributed by atoms with Crippen LogP contribution in [0.2, 0.25) is 0 Å². The molecule has 9 nitrogen and oxygen atoms in total. The lowest BCUT2D eigenvalue weighted by atomic mass is 10.0. The molecule has 79 heavy (non-hydrogen) atoms. The number of hydrogen-bond donors (Lipinski definition) is 1. The minimum absolute atomic E-state index is 0.0298. The van der Waals surface area contributed by atoms with E-state index in [0.717, 1.165) is 116 Å². The van der Waals surface area contributed by atoms with E-state index in [9.17, 15) is 19.0 Å². The van der Waals surface area contributed by atoms with E-state index >= 15 is 0 Å². The SMILES string of the molecule is CC/C=C\C/C=C\C/C=C\C/C=C\C/C=C\CCCCCCCCCCCCCC(=O)NC(COP(=O)([O-])OCC[N+](C)(C)C)C(/C=C\CCCCCCCCCCC)OC(=O)CCCCCCCCC/C=C/C=C/C=C/CC. The van der Waals surface area contributed by atoms with Crippen LogP contribution in [0, 0.1) is 0 Å². The first-order valence-electron chi connectivity index (χ1n) is 32.2. The molecular formula is C69H121N2O7P. The van der Waals surface area contributed by atoms with E-state index in [1.54, 1.807) is 0 Å². The maximum absolute atomic E-state index is 13.6. The number of esters is 1. The molecule has 1 amide bonds. The van der Waals surface area contributed by atoms with Gasteiger partial charge in [0.25, 0.3) is 7.82 Å². The standard InChI is InChI=1S/C69H121N2O7P/c1-7-10-13-16-19-22-25-27-29-30-31-32-33-34-35-36-37-38-39-40-42-43-46-49-52-55-58-61-68(72)70-66(65-77-79(74,75)76-64-63-71(4,5)6)67(60-57-54-51-48-45-24-21-18-15-12-9-3)78-69(73)62-59-56-53-50-47-44-41-28-26-23-20-17-14-11-8-2/h10-11,13-14,17,19-20,22-23,26-27,29,31-32,34-35,57,60,66-67H,7-9,12,15-16,18,21,24-25,28,30,33,36-56,58-59,61-65H2,1-6H3,(H-,70,72,74,75)/b13-10-,14-11+,20-17+,22-19-,26-23+,29-27-,32-31-,35-34-,60-57-. The van der Waals surface area contributed by atoms with Crippen LogP contribution in [0.5, 0.6) is 0 Å². The number of hydrogen-bond acceptors (Lipinski definition) is 7. The summed E-state index contributed by atoms with van der Waals surface area (Å²) in [6.07, 6.45) is 79.2. The Hall–Kier alpha value is -3.33. The van der Waals surface area contributed by atoms with Crippen LogP contribution < -0.4 is 10.2 Å². The lowest BCUT2D eigenvalue weighted by molar-refractivity contribution is -0.870. The van der Waals surface area contributed by atoms with Crippen molar-refractivity contribution in [1.29, 1.82) is 0 Å². The molecule has 0 aromatic rings. The molecule has 0 saturated heterocycles. The van der Waals surface area contributed by atoms with Gasteiger partial charge in [-0.2, -0.15) is 0 Å². The number of phosphoric acid groups is 1. The Labute approximate surface area is 487 Å². The highest BCUT2D eigenvalue weighted by Gasteiger charge is 2.27. The van der Waals surface area contributed by atoms with Gasteiger partial charge in [-0.05, 0) is 96.0 Å². The van der Waals surface area contributed by atoms with Crippen LogP contribution in [-0.4, -0.2) is 69.4 Å². The molecule has 454 valence electrons. The Bertz CT molecular complexity index is 1720. The summed E-state index contributed by atoms with van der Waals surface area (Å²) >= 11 is 0. The smallest absolute Gasteiger partial charge is 0.306 e. The quantitative estimate of drug-likeness (QED) is 0.0161. The summed E-state index contributed by atoms with van der Waals surface area (Å²) < 4.78 is 30.3. The molecule has 1 N–H and O–H groups in total. The number of ether oxygens (including phenoxy) is 1. The zero-order valence-electron chi connectivity index (χ0n) is 51.8. The second kappa shape index (κ2) is 57.9. The molecule has 0 aromatic heterocycles. The maximum Gasteiger partial charge on any atom is 0.306 e. The van der Waals surface area contributed by atoms with Crippen molar-refractivity contribution in [2.24, 2.45) is 0 Å². The van der Waals surface area contributed by atoms with Gasteiger partial charge in [-0.15, -0.1) is 0 Å². The normalized spacial score (nSPS) is 14.4. The number of carbonyl (C=O) groups is 2. The number of nitrogens with one attached hydrogen (secondary N) is 1. The van der Waals surface area contributed by atoms with Gasteiger partial charge in [-0.3, -0.25) is 14.2 Å². The molecule has 0 fully saturated rings. The van der Waals surface area contributed by atoms with Crippen LogP contribution >= 0.6 is 7.82 Å². The molecule has 0 spiro atoms. The number of unbranched alkanes of at least 4 members (excludes halogenated alkanes) is 27. The van der Waals surface area contributed by atoms with Gasteiger partial charge in [0.2, 0.25) is 5.91 Å². The van der Waals surface area contributed by atoms with Crippen molar-refractivity contribution in [2.75, 3.05) is 40.9 Å². The first-order chi connectivity index (χ1) is 38.4. The third kappa shape index (κ3) is 59.1. The predicted molar refractivity (Wildman–Crippen MR) is 339 cm³/mol. The largest absolute Gasteiger partial charge is 0.756 e. The van der Waals surface area contributed by atoms with Crippen molar-refractivity contribution in [1.82, 2.24) is 5.32 Å². The van der Waals surface area contributed by atoms with Gasteiger partial charge < -0.3 is 28.5 Å². The summed E-state index contributed by atoms with van der Waals surface area (Å²) in [5, 5.41) is 3.02. The highest BCUT2D eigenvalue weighted by atomic mass is 31.2. The maximum atomic E-state index is 13.6. The van der Waals surface area contributed by atoms with E-state index in [4.69, 9.17) is 13.8 Å². The van der Waals surface area contributed by atoms with Crippen LogP contribution in [0.25, 0.3) is 0 Å². The van der Waals surface area contributed by atoms with Crippen LogP contribution in [-0.2, 0) is 27.9 Å². The molecule has 0 radical (unpaired) electrons. The molecule has 0 heterocycles. The third-order valence-corrected chi connectivity index (χ3v) is 14.7. The van der Waals surface area contributed by atoms with E-state index in [1.165, 1.54) is 109 Å². The van der Waals surface area contributed by atoms with Gasteiger partial charge in [0.15, 0.2) is 0 Å². The summed E-state index contributed by atoms with van der Waals surface area (Å²) in [5.41, 5.74) is 0. The van der Waals surface area contributed by atoms with Gasteiger partial charge in [-0.25, -0.2) is 0 Å². The molecule has 0 aliphatic carbocycles. The Morgan fingerprint density at radius 3 is 1.35 bits per heavy atom. The molecule has 3 unspecified atom stereocenters. The fourth-order valence-corrected chi connectivity index (χ4v) is 9.57. The van der Waals surface area contributed by atoms with Crippen molar-refractivity contribution < 1.29 is 37.3 Å². The summed E-state index contributed by atoms with van der Waals surface area (Å²) in [6, 6.07) is -0.901. The van der Waals surface area contributed by atoms with Crippen LogP contribution in [0.1, 0.15) is 265 Å². The molecule has 10 heteroatoms. The molecule has 0 rings (SSSR count). The zero-order valence-corrected chi connectivity index (χ0v) is 52.7. The van der Waals surface area contributed by atoms with Crippen molar-refractivity contribution in [3.05, 3.63) is 109 Å². The summed E-state index contributed by atoms with van der Waals surface area (Å²) in [4.78, 5) is 40.0. The lowest BCUT2D eigenvalue weighted by Gasteiger charge is -2.30. The number of amides is 1. The molecule has 0 aliphatic heterocycles. The number of carbonyl (C=O) groups excluding carboxylic acids is 2. The number of allylic oxidation sites excluding steroid dienone is 17. The number of phosphoric ester groups is 1. The summed E-state index contributed by atoms with van der Waals surface area (Å²) in [5.74, 6) is -0.563. The molecule has 0 aliphatic rings. The van der Waals surface area contributed by atoms with E-state index in [1.807, 2.05) is 33.3 Å². The van der Waals surface area contributed by atoms with Gasteiger partial charge in [0, 0.05) is 12.8 Å². The lowest BCUT2D eigenvalue weighted by Crippen LogP contribution is -2.47. The van der Waals surface area contributed by atoms with Gasteiger partial charge in [-0.1, -0.05) is 265 Å². The van der Waals surface area contributed by atoms with E-state index in [-0.39, 0.29) is 24.9 Å². The fraction of sp³-hybridized carbons (Fsp3) is 0.710. The number of likely N-dealkylation sites (N-methyl/N-ethyl adjacent to an activating group) is 1. The number of rotatable bonds is 57. The topological polar surface area (TPSA) is 114 Å². The van der Waals surface area contributed by atoms with Crippen molar-refractivity contribution in [3.8, 4) is 0 Å². The Morgan fingerprint density at radius 2 is 0.873 bits per heavy atom. The number of quaternary nitrogens is 1. The summed E-state index contributed by atoms with van der Waals surface area (Å²) in [7, 11) is 1.16. The second-order valence-electron chi connectivity index (χ2n) is 22.6. The highest BCUT2D eigenvalue weighted by molar-refractivity contribution is 7.45. The highest BCUT2D eigenvalue weighted by Crippen LogP contribution is 2.38. The van der Waals surface area contributed by atoms with Crippen LogP contribution in [0.15, 0.2) is 109 Å². The Kier molecular flexibility index (Phi) is 55.4. The Morgan fingerprint density at radius 1 is 0.468 bits per heavy atom. The minimum atomic E-state index is -4.71. The first kappa shape index (κ1) is 75.7. The van der Waals surface area contributed by atoms with Crippen LogP contribution in [0.3, 0.4) is 0 Å². The molecule has 3 atom stereocenters. The third-order valence-electron chi connectivity index (χ3n) is 13.8. The van der Waals surface area contributed by atoms with Crippen molar-refractivity contribution in [2.45, 2.75) is 277 Å². The molecule has 0 saturated carbocycles. The second-order valence-corrected chi connectivity index (χ2v) is 24.0. The monoisotopic (exact) mass is 1120 g/mol. The van der Waals surface area contributed by atoms with E-state index < -0.39 is 26.6 Å². The molecular weight excluding hydrogens is 1000 g/mol. The summed E-state index contributed by atoms with van der Waals surface area (Å²) in [6.45, 7) is 6.58. The van der Waals surface area contributed by atoms with E-state index in [2.05, 4.69) is 123 Å². The van der Waals surface area contributed by atoms with Gasteiger partial charge in [0.1, 0.15) is 19.3 Å². The van der Waals surface area contributed by atoms with Gasteiger partial charge in [0.05, 0.1) is 33.8 Å².